The van der Waals surface area contributed by atoms with Crippen LogP contribution in [0.4, 0.5) is 14.5 Å². The molecule has 1 aliphatic rings. The molecule has 30 heavy (non-hydrogen) atoms. The summed E-state index contributed by atoms with van der Waals surface area (Å²) in [4.78, 5) is 31.9. The number of rotatable bonds is 6. The molecule has 3 heterocycles. The first kappa shape index (κ1) is 22.5. The topological polar surface area (TPSA) is 88.8 Å². The fraction of sp³-hybridized carbons (Fsp3) is 0.333. The largest absolute Gasteiger partial charge is 0.379 e. The molecule has 3 aromatic rings. The molecule has 0 N–H and O–H groups in total. The van der Waals surface area contributed by atoms with Crippen LogP contribution in [0.2, 0.25) is 0 Å². The van der Waals surface area contributed by atoms with Crippen molar-refractivity contribution in [3.05, 3.63) is 51.1 Å². The molecule has 0 unspecified atom stereocenters. The van der Waals surface area contributed by atoms with Crippen LogP contribution in [0.1, 0.15) is 9.67 Å². The number of hydrogen-bond acceptors (Lipinski definition) is 8. The number of carbonyl (C=O) groups excluding carboxylic acids is 1. The highest BCUT2D eigenvalue weighted by molar-refractivity contribution is 7.22. The number of fused-ring (bicyclic) bond motifs is 1. The highest BCUT2D eigenvalue weighted by Gasteiger charge is 2.26. The Bertz CT molecular complexity index is 1050. The summed E-state index contributed by atoms with van der Waals surface area (Å²) in [7, 11) is 0. The molecule has 1 aliphatic heterocycles. The van der Waals surface area contributed by atoms with Gasteiger partial charge in [0.05, 0.1) is 27.7 Å². The van der Waals surface area contributed by atoms with Crippen molar-refractivity contribution in [1.29, 1.82) is 0 Å². The molecule has 160 valence electrons. The normalized spacial score (nSPS) is 14.4. The summed E-state index contributed by atoms with van der Waals surface area (Å²) in [6.45, 7) is 3.74. The van der Waals surface area contributed by atoms with Crippen molar-refractivity contribution in [2.45, 2.75) is 0 Å². The van der Waals surface area contributed by atoms with Gasteiger partial charge in [0.1, 0.15) is 11.3 Å². The van der Waals surface area contributed by atoms with Crippen molar-refractivity contribution in [1.82, 2.24) is 9.88 Å². The maximum Gasteiger partial charge on any atom is 0.324 e. The number of anilines is 1. The SMILES string of the molecule is Cl.O=C(c1ccc([N+](=O)[O-])s1)N(CCN1CCOCC1)c1nc2c(F)cccc2s1. The van der Waals surface area contributed by atoms with Gasteiger partial charge < -0.3 is 4.74 Å². The standard InChI is InChI=1S/C18H17FN4O4S2.ClH/c19-12-2-1-3-13-16(12)20-18(29-13)22(7-6-21-8-10-27-11-9-21)17(24)14-4-5-15(28-14)23(25)26;/h1-5H,6-11H2;1H. The van der Waals surface area contributed by atoms with E-state index in [-0.39, 0.29) is 33.7 Å². The number of amides is 1. The summed E-state index contributed by atoms with van der Waals surface area (Å²) >= 11 is 2.05. The summed E-state index contributed by atoms with van der Waals surface area (Å²) in [6, 6.07) is 7.44. The second-order valence-corrected chi connectivity index (χ2v) is 8.46. The van der Waals surface area contributed by atoms with Crippen LogP contribution in [-0.2, 0) is 4.74 Å². The Morgan fingerprint density at radius 1 is 1.27 bits per heavy atom. The van der Waals surface area contributed by atoms with Crippen molar-refractivity contribution < 1.29 is 18.8 Å². The fourth-order valence-electron chi connectivity index (χ4n) is 3.04. The van der Waals surface area contributed by atoms with Crippen LogP contribution in [0, 0.1) is 15.9 Å². The monoisotopic (exact) mass is 472 g/mol. The Labute approximate surface area is 185 Å². The predicted molar refractivity (Wildman–Crippen MR) is 117 cm³/mol. The molecule has 2 aromatic heterocycles. The Morgan fingerprint density at radius 3 is 2.70 bits per heavy atom. The minimum Gasteiger partial charge on any atom is -0.379 e. The number of halogens is 2. The molecule has 4 rings (SSSR count). The lowest BCUT2D eigenvalue weighted by Gasteiger charge is -2.29. The lowest BCUT2D eigenvalue weighted by molar-refractivity contribution is -0.380. The maximum atomic E-state index is 14.1. The number of thiazole rings is 1. The third-order valence-corrected chi connectivity index (χ3v) is 6.63. The Hall–Kier alpha value is -2.18. The molecule has 0 saturated carbocycles. The summed E-state index contributed by atoms with van der Waals surface area (Å²) < 4.78 is 20.1. The zero-order valence-corrected chi connectivity index (χ0v) is 18.1. The lowest BCUT2D eigenvalue weighted by atomic mass is 10.3. The van der Waals surface area contributed by atoms with Crippen molar-refractivity contribution in [2.75, 3.05) is 44.3 Å². The second-order valence-electron chi connectivity index (χ2n) is 6.39. The van der Waals surface area contributed by atoms with Crippen molar-refractivity contribution in [3.63, 3.8) is 0 Å². The molecule has 0 aliphatic carbocycles. The van der Waals surface area contributed by atoms with Gasteiger partial charge in [-0.25, -0.2) is 9.37 Å². The molecule has 0 bridgehead atoms. The van der Waals surface area contributed by atoms with Crippen LogP contribution in [-0.4, -0.2) is 60.1 Å². The minimum atomic E-state index is -0.521. The third kappa shape index (κ3) is 4.76. The number of nitro groups is 1. The molecule has 0 spiro atoms. The number of aromatic nitrogens is 1. The van der Waals surface area contributed by atoms with E-state index in [0.29, 0.717) is 36.1 Å². The van der Waals surface area contributed by atoms with Crippen LogP contribution in [0.3, 0.4) is 0 Å². The first-order valence-electron chi connectivity index (χ1n) is 8.94. The number of nitrogens with zero attached hydrogens (tertiary/aromatic N) is 4. The highest BCUT2D eigenvalue weighted by Crippen LogP contribution is 2.32. The van der Waals surface area contributed by atoms with Crippen LogP contribution in [0.25, 0.3) is 10.2 Å². The minimum absolute atomic E-state index is 0. The van der Waals surface area contributed by atoms with Gasteiger partial charge >= 0.3 is 5.00 Å². The van der Waals surface area contributed by atoms with Crippen LogP contribution >= 0.6 is 35.1 Å². The number of ether oxygens (including phenoxy) is 1. The van der Waals surface area contributed by atoms with Crippen LogP contribution < -0.4 is 4.90 Å². The molecule has 0 atom stereocenters. The van der Waals surface area contributed by atoms with Gasteiger partial charge in [-0.1, -0.05) is 28.7 Å². The summed E-state index contributed by atoms with van der Waals surface area (Å²) in [6.07, 6.45) is 0. The molecular formula is C18H18ClFN4O4S2. The van der Waals surface area contributed by atoms with Gasteiger partial charge in [-0.3, -0.25) is 24.7 Å². The zero-order valence-electron chi connectivity index (χ0n) is 15.7. The number of para-hydroxylation sites is 1. The van der Waals surface area contributed by atoms with Gasteiger partial charge in [0.25, 0.3) is 5.91 Å². The number of hydrogen-bond donors (Lipinski definition) is 0. The van der Waals surface area contributed by atoms with E-state index < -0.39 is 10.7 Å². The van der Waals surface area contributed by atoms with E-state index >= 15 is 0 Å². The van der Waals surface area contributed by atoms with Gasteiger partial charge in [-0.05, 0) is 18.2 Å². The zero-order chi connectivity index (χ0) is 20.4. The molecule has 12 heteroatoms. The van der Waals surface area contributed by atoms with Crippen molar-refractivity contribution >= 4 is 61.3 Å². The molecular weight excluding hydrogens is 455 g/mol. The predicted octanol–water partition coefficient (Wildman–Crippen LogP) is 3.81. The Morgan fingerprint density at radius 2 is 2.03 bits per heavy atom. The van der Waals surface area contributed by atoms with Crippen molar-refractivity contribution in [2.24, 2.45) is 0 Å². The molecule has 1 fully saturated rings. The van der Waals surface area contributed by atoms with E-state index in [9.17, 15) is 19.3 Å². The average molecular weight is 473 g/mol. The third-order valence-electron chi connectivity index (χ3n) is 4.56. The number of morpholine rings is 1. The van der Waals surface area contributed by atoms with E-state index in [4.69, 9.17) is 4.74 Å². The highest BCUT2D eigenvalue weighted by atomic mass is 35.5. The van der Waals surface area contributed by atoms with Gasteiger partial charge in [0.2, 0.25) is 0 Å². The maximum absolute atomic E-state index is 14.1. The first-order valence-corrected chi connectivity index (χ1v) is 10.6. The van der Waals surface area contributed by atoms with Crippen LogP contribution in [0.15, 0.2) is 30.3 Å². The molecule has 8 nitrogen and oxygen atoms in total. The fourth-order valence-corrected chi connectivity index (χ4v) is 4.82. The smallest absolute Gasteiger partial charge is 0.324 e. The van der Waals surface area contributed by atoms with Gasteiger partial charge in [0.15, 0.2) is 5.13 Å². The molecule has 1 saturated heterocycles. The second kappa shape index (κ2) is 9.75. The Balaban J connectivity index is 0.00000256. The quantitative estimate of drug-likeness (QED) is 0.400. The molecule has 0 radical (unpaired) electrons. The number of thiophene rings is 1. The lowest BCUT2D eigenvalue weighted by Crippen LogP contribution is -2.43. The van der Waals surface area contributed by atoms with E-state index in [1.54, 1.807) is 12.1 Å². The summed E-state index contributed by atoms with van der Waals surface area (Å²) in [5.74, 6) is -0.826. The van der Waals surface area contributed by atoms with E-state index in [0.717, 1.165) is 24.4 Å². The first-order chi connectivity index (χ1) is 14.0. The Kier molecular flexibility index (Phi) is 7.32. The average Bonchev–Trinajstić information content (AvgIpc) is 3.37. The number of benzene rings is 1. The van der Waals surface area contributed by atoms with Crippen molar-refractivity contribution in [3.8, 4) is 0 Å². The van der Waals surface area contributed by atoms with Gasteiger partial charge in [0, 0.05) is 32.2 Å². The van der Waals surface area contributed by atoms with Crippen LogP contribution in [0.5, 0.6) is 0 Å². The van der Waals surface area contributed by atoms with E-state index in [1.165, 1.54) is 34.4 Å². The van der Waals surface area contributed by atoms with Gasteiger partial charge in [-0.2, -0.15) is 0 Å². The van der Waals surface area contributed by atoms with E-state index in [2.05, 4.69) is 9.88 Å². The van der Waals surface area contributed by atoms with Gasteiger partial charge in [-0.15, -0.1) is 12.4 Å². The van der Waals surface area contributed by atoms with E-state index in [1.807, 2.05) is 0 Å². The molecule has 1 amide bonds. The molecule has 1 aromatic carbocycles. The summed E-state index contributed by atoms with van der Waals surface area (Å²) in [5.41, 5.74) is 0.217. The number of carbonyl (C=O) groups is 1. The summed E-state index contributed by atoms with van der Waals surface area (Å²) in [5, 5.41) is 11.3.